The number of carbonyl (C=O) groups is 1. The fraction of sp³-hybridized carbons (Fsp3) is 0.182. The van der Waals surface area contributed by atoms with Gasteiger partial charge in [-0.3, -0.25) is 4.79 Å². The topological polar surface area (TPSA) is 42.9 Å². The van der Waals surface area contributed by atoms with Gasteiger partial charge in [-0.2, -0.15) is 0 Å². The predicted molar refractivity (Wildman–Crippen MR) is 69.2 cm³/mol. The van der Waals surface area contributed by atoms with Crippen molar-refractivity contribution in [3.05, 3.63) is 44.4 Å². The van der Waals surface area contributed by atoms with E-state index in [0.29, 0.717) is 27.6 Å². The highest BCUT2D eigenvalue weighted by atomic mass is 35.5. The summed E-state index contributed by atoms with van der Waals surface area (Å²) in [5, 5.41) is 4.55. The van der Waals surface area contributed by atoms with E-state index >= 15 is 0 Å². The molecule has 1 heterocycles. The summed E-state index contributed by atoms with van der Waals surface area (Å²) in [4.78, 5) is 12.8. The molecule has 0 spiro atoms. The molecule has 88 valence electrons. The maximum absolute atomic E-state index is 12.2. The van der Waals surface area contributed by atoms with Crippen LogP contribution >= 0.6 is 34.7 Å². The van der Waals surface area contributed by atoms with E-state index in [4.69, 9.17) is 23.2 Å². The average Bonchev–Trinajstić information content (AvgIpc) is 2.80. The number of rotatable bonds is 3. The molecule has 0 fully saturated rings. The van der Waals surface area contributed by atoms with Crippen molar-refractivity contribution in [3.8, 4) is 0 Å². The standard InChI is InChI=1S/C11H8Cl2N2OS/c1-2-8-11(17-15-14-8)10(16)6-4-3-5-7(12)9(6)13/h3-5H,2H2,1H3. The maximum atomic E-state index is 12.2. The first-order chi connectivity index (χ1) is 8.15. The molecule has 0 unspecified atom stereocenters. The molecule has 0 N–H and O–H groups in total. The van der Waals surface area contributed by atoms with Crippen molar-refractivity contribution in [1.82, 2.24) is 9.59 Å². The molecule has 0 radical (unpaired) electrons. The van der Waals surface area contributed by atoms with Gasteiger partial charge in [0.25, 0.3) is 0 Å². The summed E-state index contributed by atoms with van der Waals surface area (Å²) in [6.45, 7) is 1.92. The van der Waals surface area contributed by atoms with Crippen molar-refractivity contribution in [2.45, 2.75) is 13.3 Å². The molecule has 0 bridgehead atoms. The van der Waals surface area contributed by atoms with Crippen LogP contribution in [0.2, 0.25) is 10.0 Å². The second-order valence-electron chi connectivity index (χ2n) is 3.33. The Morgan fingerprint density at radius 3 is 2.88 bits per heavy atom. The first-order valence-corrected chi connectivity index (χ1v) is 6.48. The normalized spacial score (nSPS) is 10.5. The van der Waals surface area contributed by atoms with Gasteiger partial charge in [0.05, 0.1) is 15.7 Å². The lowest BCUT2D eigenvalue weighted by molar-refractivity contribution is 0.104. The molecule has 3 nitrogen and oxygen atoms in total. The summed E-state index contributed by atoms with van der Waals surface area (Å²) < 4.78 is 3.79. The first-order valence-electron chi connectivity index (χ1n) is 4.95. The van der Waals surface area contributed by atoms with Gasteiger partial charge in [-0.25, -0.2) is 0 Å². The molecule has 1 aromatic carbocycles. The molecule has 0 atom stereocenters. The summed E-state index contributed by atoms with van der Waals surface area (Å²) in [6.07, 6.45) is 0.662. The average molecular weight is 287 g/mol. The molecule has 2 rings (SSSR count). The number of hydrogen-bond donors (Lipinski definition) is 0. The molecule has 1 aromatic heterocycles. The maximum Gasteiger partial charge on any atom is 0.208 e. The van der Waals surface area contributed by atoms with Crippen LogP contribution in [-0.4, -0.2) is 15.4 Å². The summed E-state index contributed by atoms with van der Waals surface area (Å²) in [6, 6.07) is 4.99. The highest BCUT2D eigenvalue weighted by Gasteiger charge is 2.20. The van der Waals surface area contributed by atoms with Gasteiger partial charge in [0.1, 0.15) is 4.88 Å². The van der Waals surface area contributed by atoms with Crippen molar-refractivity contribution in [2.75, 3.05) is 0 Å². The second kappa shape index (κ2) is 5.12. The monoisotopic (exact) mass is 286 g/mol. The molecule has 2 aromatic rings. The van der Waals surface area contributed by atoms with Crippen LogP contribution in [0.15, 0.2) is 18.2 Å². The van der Waals surface area contributed by atoms with E-state index in [9.17, 15) is 4.79 Å². The van der Waals surface area contributed by atoms with Gasteiger partial charge in [-0.15, -0.1) is 5.10 Å². The molecule has 0 aliphatic carbocycles. The number of aromatic nitrogens is 2. The minimum Gasteiger partial charge on any atom is -0.288 e. The first kappa shape index (κ1) is 12.5. The van der Waals surface area contributed by atoms with Gasteiger partial charge in [0.15, 0.2) is 0 Å². The molecule has 17 heavy (non-hydrogen) atoms. The van der Waals surface area contributed by atoms with E-state index in [-0.39, 0.29) is 10.8 Å². The number of ketones is 1. The van der Waals surface area contributed by atoms with Gasteiger partial charge in [0.2, 0.25) is 5.78 Å². The molecule has 0 amide bonds. The zero-order valence-corrected chi connectivity index (χ0v) is 11.2. The van der Waals surface area contributed by atoms with Crippen molar-refractivity contribution in [2.24, 2.45) is 0 Å². The Balaban J connectivity index is 2.48. The zero-order valence-electron chi connectivity index (χ0n) is 8.91. The van der Waals surface area contributed by atoms with E-state index in [1.807, 2.05) is 6.92 Å². The fourth-order valence-corrected chi connectivity index (χ4v) is 2.50. The third-order valence-electron chi connectivity index (χ3n) is 2.29. The number of halogens is 2. The quantitative estimate of drug-likeness (QED) is 0.809. The number of nitrogens with zero attached hydrogens (tertiary/aromatic N) is 2. The van der Waals surface area contributed by atoms with Gasteiger partial charge in [-0.05, 0) is 30.1 Å². The van der Waals surface area contributed by atoms with Gasteiger partial charge in [0, 0.05) is 5.56 Å². The lowest BCUT2D eigenvalue weighted by Crippen LogP contribution is -2.03. The van der Waals surface area contributed by atoms with Crippen LogP contribution < -0.4 is 0 Å². The van der Waals surface area contributed by atoms with E-state index < -0.39 is 0 Å². The highest BCUT2D eigenvalue weighted by Crippen LogP contribution is 2.28. The van der Waals surface area contributed by atoms with Crippen LogP contribution in [0.25, 0.3) is 0 Å². The molecule has 0 aliphatic rings. The van der Waals surface area contributed by atoms with Gasteiger partial charge in [-0.1, -0.05) is 40.7 Å². The third-order valence-corrected chi connectivity index (χ3v) is 3.88. The number of aryl methyl sites for hydroxylation is 1. The highest BCUT2D eigenvalue weighted by molar-refractivity contribution is 7.08. The van der Waals surface area contributed by atoms with E-state index in [2.05, 4.69) is 9.59 Å². The van der Waals surface area contributed by atoms with E-state index in [1.165, 1.54) is 0 Å². The van der Waals surface area contributed by atoms with E-state index in [1.54, 1.807) is 18.2 Å². The summed E-state index contributed by atoms with van der Waals surface area (Å²) in [5.74, 6) is -0.177. The van der Waals surface area contributed by atoms with Crippen LogP contribution in [0.1, 0.15) is 27.9 Å². The van der Waals surface area contributed by atoms with Crippen LogP contribution in [0.5, 0.6) is 0 Å². The Morgan fingerprint density at radius 2 is 2.18 bits per heavy atom. The Labute approximate surface area is 113 Å². The molecule has 0 aliphatic heterocycles. The largest absolute Gasteiger partial charge is 0.288 e. The van der Waals surface area contributed by atoms with Crippen molar-refractivity contribution in [1.29, 1.82) is 0 Å². The van der Waals surface area contributed by atoms with Crippen molar-refractivity contribution >= 4 is 40.5 Å². The van der Waals surface area contributed by atoms with Crippen molar-refractivity contribution in [3.63, 3.8) is 0 Å². The van der Waals surface area contributed by atoms with Crippen molar-refractivity contribution < 1.29 is 4.79 Å². The number of benzene rings is 1. The van der Waals surface area contributed by atoms with Crippen LogP contribution in [0.3, 0.4) is 0 Å². The number of carbonyl (C=O) groups excluding carboxylic acids is 1. The minimum atomic E-state index is -0.177. The number of hydrogen-bond acceptors (Lipinski definition) is 4. The Morgan fingerprint density at radius 1 is 1.41 bits per heavy atom. The fourth-order valence-electron chi connectivity index (χ4n) is 1.41. The van der Waals surface area contributed by atoms with Crippen LogP contribution in [0.4, 0.5) is 0 Å². The van der Waals surface area contributed by atoms with Crippen LogP contribution in [0, 0.1) is 0 Å². The Bertz CT molecular complexity index is 568. The Kier molecular flexibility index (Phi) is 3.76. The zero-order chi connectivity index (χ0) is 12.4. The lowest BCUT2D eigenvalue weighted by Gasteiger charge is -2.03. The summed E-state index contributed by atoms with van der Waals surface area (Å²) >= 11 is 13.0. The third kappa shape index (κ3) is 2.34. The minimum absolute atomic E-state index is 0.177. The van der Waals surface area contributed by atoms with E-state index in [0.717, 1.165) is 11.5 Å². The smallest absolute Gasteiger partial charge is 0.208 e. The molecule has 0 saturated carbocycles. The molecule has 0 saturated heterocycles. The molecular formula is C11H8Cl2N2OS. The van der Waals surface area contributed by atoms with Gasteiger partial charge >= 0.3 is 0 Å². The summed E-state index contributed by atoms with van der Waals surface area (Å²) in [5.41, 5.74) is 1.08. The summed E-state index contributed by atoms with van der Waals surface area (Å²) in [7, 11) is 0. The molecule has 6 heteroatoms. The van der Waals surface area contributed by atoms with Gasteiger partial charge < -0.3 is 0 Å². The lowest BCUT2D eigenvalue weighted by atomic mass is 10.1. The Hall–Kier alpha value is -0.970. The second-order valence-corrected chi connectivity index (χ2v) is 4.87. The molecular weight excluding hydrogens is 279 g/mol. The predicted octanol–water partition coefficient (Wildman–Crippen LogP) is 3.64. The van der Waals surface area contributed by atoms with Crippen LogP contribution in [-0.2, 0) is 6.42 Å². The SMILES string of the molecule is CCc1nnsc1C(=O)c1cccc(Cl)c1Cl.